The highest BCUT2D eigenvalue weighted by Crippen LogP contribution is 2.45. The Morgan fingerprint density at radius 1 is 1.12 bits per heavy atom. The van der Waals surface area contributed by atoms with E-state index in [0.29, 0.717) is 29.1 Å². The first kappa shape index (κ1) is 17.9. The Balaban J connectivity index is 2.02. The fourth-order valence-electron chi connectivity index (χ4n) is 3.43. The van der Waals surface area contributed by atoms with Gasteiger partial charge >= 0.3 is 5.97 Å². The molecule has 5 nitrogen and oxygen atoms in total. The van der Waals surface area contributed by atoms with Gasteiger partial charge in [0.2, 0.25) is 0 Å². The van der Waals surface area contributed by atoms with Gasteiger partial charge in [-0.25, -0.2) is 4.79 Å². The van der Waals surface area contributed by atoms with Gasteiger partial charge in [0.15, 0.2) is 22.1 Å². The van der Waals surface area contributed by atoms with Crippen molar-refractivity contribution >= 4 is 27.4 Å². The van der Waals surface area contributed by atoms with Crippen molar-refractivity contribution in [2.24, 2.45) is 11.8 Å². The second-order valence-corrected chi connectivity index (χ2v) is 7.83. The van der Waals surface area contributed by atoms with Gasteiger partial charge in [-0.15, -0.1) is 11.3 Å². The number of benzene rings is 1. The zero-order valence-corrected chi connectivity index (χ0v) is 15.8. The van der Waals surface area contributed by atoms with Crippen molar-refractivity contribution in [3.63, 3.8) is 0 Å². The fraction of sp³-hybridized carbons (Fsp3) is 0.526. The first-order valence-electron chi connectivity index (χ1n) is 8.53. The predicted molar refractivity (Wildman–Crippen MR) is 98.5 cm³/mol. The molecule has 1 aromatic heterocycles. The molecule has 2 aromatic rings. The SMILES string of the molecule is COc1cc2sc(C(=O)O)c(OC3CCC(C)C(C)C3)c2cc1OC. The largest absolute Gasteiger partial charge is 0.493 e. The molecule has 1 aromatic carbocycles. The molecule has 0 aliphatic heterocycles. The third kappa shape index (κ3) is 3.40. The van der Waals surface area contributed by atoms with E-state index in [1.54, 1.807) is 20.3 Å². The van der Waals surface area contributed by atoms with Crippen LogP contribution in [0.2, 0.25) is 0 Å². The van der Waals surface area contributed by atoms with E-state index in [1.807, 2.05) is 6.07 Å². The average Bonchev–Trinajstić information content (AvgIpc) is 2.94. The Hall–Kier alpha value is -1.95. The molecule has 0 spiro atoms. The molecule has 1 aliphatic rings. The maximum atomic E-state index is 11.7. The smallest absolute Gasteiger partial charge is 0.349 e. The molecule has 25 heavy (non-hydrogen) atoms. The normalized spacial score (nSPS) is 23.4. The number of carbonyl (C=O) groups is 1. The molecule has 0 amide bonds. The molecule has 3 unspecified atom stereocenters. The van der Waals surface area contributed by atoms with E-state index in [4.69, 9.17) is 14.2 Å². The van der Waals surface area contributed by atoms with Gasteiger partial charge in [0, 0.05) is 16.2 Å². The van der Waals surface area contributed by atoms with Crippen molar-refractivity contribution in [2.75, 3.05) is 14.2 Å². The van der Waals surface area contributed by atoms with Crippen molar-refractivity contribution in [1.82, 2.24) is 0 Å². The first-order valence-corrected chi connectivity index (χ1v) is 9.34. The molecule has 6 heteroatoms. The number of aromatic carboxylic acids is 1. The highest BCUT2D eigenvalue weighted by Gasteiger charge is 2.29. The van der Waals surface area contributed by atoms with Gasteiger partial charge in [0.05, 0.1) is 20.3 Å². The fourth-order valence-corrected chi connectivity index (χ4v) is 4.42. The summed E-state index contributed by atoms with van der Waals surface area (Å²) in [5.41, 5.74) is 0. The highest BCUT2D eigenvalue weighted by molar-refractivity contribution is 7.21. The van der Waals surface area contributed by atoms with Gasteiger partial charge in [0.1, 0.15) is 0 Å². The summed E-state index contributed by atoms with van der Waals surface area (Å²) in [7, 11) is 3.14. The Morgan fingerprint density at radius 2 is 1.80 bits per heavy atom. The summed E-state index contributed by atoms with van der Waals surface area (Å²) in [6.07, 6.45) is 3.06. The van der Waals surface area contributed by atoms with E-state index in [1.165, 1.54) is 11.3 Å². The van der Waals surface area contributed by atoms with Crippen LogP contribution in [0.4, 0.5) is 0 Å². The van der Waals surface area contributed by atoms with Crippen molar-refractivity contribution in [3.8, 4) is 17.2 Å². The van der Waals surface area contributed by atoms with Crippen LogP contribution in [0.1, 0.15) is 42.8 Å². The molecule has 3 rings (SSSR count). The van der Waals surface area contributed by atoms with Crippen LogP contribution in [0.15, 0.2) is 12.1 Å². The van der Waals surface area contributed by atoms with Crippen LogP contribution in [0, 0.1) is 11.8 Å². The Labute approximate surface area is 151 Å². The highest BCUT2D eigenvalue weighted by atomic mass is 32.1. The number of methoxy groups -OCH3 is 2. The number of hydrogen-bond acceptors (Lipinski definition) is 5. The first-order chi connectivity index (χ1) is 11.9. The molecule has 1 heterocycles. The van der Waals surface area contributed by atoms with Gasteiger partial charge in [-0.05, 0) is 37.2 Å². The molecule has 1 N–H and O–H groups in total. The molecule has 136 valence electrons. The number of rotatable bonds is 5. The van der Waals surface area contributed by atoms with Crippen molar-refractivity contribution in [2.45, 2.75) is 39.2 Å². The molecular weight excluding hydrogens is 340 g/mol. The van der Waals surface area contributed by atoms with Gasteiger partial charge in [-0.2, -0.15) is 0 Å². The number of carboxylic acid groups (broad SMARTS) is 1. The van der Waals surface area contributed by atoms with Gasteiger partial charge in [-0.1, -0.05) is 13.8 Å². The van der Waals surface area contributed by atoms with Crippen LogP contribution in [0.3, 0.4) is 0 Å². The van der Waals surface area contributed by atoms with E-state index >= 15 is 0 Å². The lowest BCUT2D eigenvalue weighted by molar-refractivity contribution is 0.0684. The summed E-state index contributed by atoms with van der Waals surface area (Å²) in [5, 5.41) is 10.4. The monoisotopic (exact) mass is 364 g/mol. The molecule has 1 saturated carbocycles. The summed E-state index contributed by atoms with van der Waals surface area (Å²) < 4.78 is 17.7. The zero-order valence-electron chi connectivity index (χ0n) is 15.0. The van der Waals surface area contributed by atoms with Crippen molar-refractivity contribution in [3.05, 3.63) is 17.0 Å². The molecule has 1 aliphatic carbocycles. The Bertz CT molecular complexity index is 782. The number of fused-ring (bicyclic) bond motifs is 1. The van der Waals surface area contributed by atoms with Gasteiger partial charge < -0.3 is 19.3 Å². The van der Waals surface area contributed by atoms with E-state index in [9.17, 15) is 9.90 Å². The number of ether oxygens (including phenoxy) is 3. The molecule has 3 atom stereocenters. The molecule has 0 radical (unpaired) electrons. The van der Waals surface area contributed by atoms with Crippen molar-refractivity contribution in [1.29, 1.82) is 0 Å². The summed E-state index contributed by atoms with van der Waals surface area (Å²) in [5.74, 6) is 1.90. The topological polar surface area (TPSA) is 65.0 Å². The zero-order chi connectivity index (χ0) is 18.1. The van der Waals surface area contributed by atoms with E-state index in [0.717, 1.165) is 29.3 Å². The van der Waals surface area contributed by atoms with Crippen LogP contribution in [0.25, 0.3) is 10.1 Å². The second-order valence-electron chi connectivity index (χ2n) is 6.78. The number of thiophene rings is 1. The van der Waals surface area contributed by atoms with Crippen LogP contribution in [0.5, 0.6) is 17.2 Å². The minimum absolute atomic E-state index is 0.0511. The van der Waals surface area contributed by atoms with Crippen LogP contribution >= 0.6 is 11.3 Å². The van der Waals surface area contributed by atoms with Gasteiger partial charge in [-0.3, -0.25) is 0 Å². The summed E-state index contributed by atoms with van der Waals surface area (Å²) >= 11 is 1.21. The van der Waals surface area contributed by atoms with Crippen LogP contribution in [-0.4, -0.2) is 31.4 Å². The molecule has 1 fully saturated rings. The third-order valence-electron chi connectivity index (χ3n) is 5.18. The Morgan fingerprint density at radius 3 is 2.40 bits per heavy atom. The molecule has 0 saturated heterocycles. The maximum absolute atomic E-state index is 11.7. The number of hydrogen-bond donors (Lipinski definition) is 1. The van der Waals surface area contributed by atoms with E-state index in [2.05, 4.69) is 13.8 Å². The minimum atomic E-state index is -0.966. The average molecular weight is 364 g/mol. The lowest BCUT2D eigenvalue weighted by atomic mass is 9.80. The van der Waals surface area contributed by atoms with E-state index < -0.39 is 5.97 Å². The maximum Gasteiger partial charge on any atom is 0.349 e. The lowest BCUT2D eigenvalue weighted by Gasteiger charge is -2.32. The summed E-state index contributed by atoms with van der Waals surface area (Å²) in [4.78, 5) is 12.0. The van der Waals surface area contributed by atoms with Crippen LogP contribution in [-0.2, 0) is 0 Å². The summed E-state index contributed by atoms with van der Waals surface area (Å²) in [6.45, 7) is 4.50. The standard InChI is InChI=1S/C19H24O5S/c1-10-5-6-12(7-11(10)2)24-17-13-8-14(22-3)15(23-4)9-16(13)25-18(17)19(20)21/h8-12H,5-7H2,1-4H3,(H,20,21). The summed E-state index contributed by atoms with van der Waals surface area (Å²) in [6, 6.07) is 3.62. The lowest BCUT2D eigenvalue weighted by Crippen LogP contribution is -2.29. The molecular formula is C19H24O5S. The van der Waals surface area contributed by atoms with Crippen LogP contribution < -0.4 is 14.2 Å². The predicted octanol–water partition coefficient (Wildman–Crippen LogP) is 4.82. The number of carboxylic acids is 1. The molecule has 0 bridgehead atoms. The minimum Gasteiger partial charge on any atom is -0.493 e. The van der Waals surface area contributed by atoms with E-state index in [-0.39, 0.29) is 11.0 Å². The Kier molecular flexibility index (Phi) is 5.08. The quantitative estimate of drug-likeness (QED) is 0.824. The van der Waals surface area contributed by atoms with Crippen molar-refractivity contribution < 1.29 is 24.1 Å². The van der Waals surface area contributed by atoms with Gasteiger partial charge in [0.25, 0.3) is 0 Å². The second kappa shape index (κ2) is 7.12. The third-order valence-corrected chi connectivity index (χ3v) is 6.30.